The van der Waals surface area contributed by atoms with Crippen molar-refractivity contribution in [1.29, 1.82) is 0 Å². The fraction of sp³-hybridized carbons (Fsp3) is 0.381. The number of halogens is 1. The van der Waals surface area contributed by atoms with Crippen LogP contribution in [0.2, 0.25) is 18.1 Å². The van der Waals surface area contributed by atoms with E-state index >= 15 is 0 Å². The molecule has 0 aliphatic heterocycles. The van der Waals surface area contributed by atoms with Crippen LogP contribution in [0.1, 0.15) is 26.3 Å². The van der Waals surface area contributed by atoms with E-state index < -0.39 is 20.6 Å². The van der Waals surface area contributed by atoms with Crippen LogP contribution >= 0.6 is 15.9 Å². The Bertz CT molecular complexity index is 739. The standard InChI is InChI=1S/C21H27BrO4Si/c1-21(2,3)27(4,5)26-20(25-18-13-11-17(22)12-14-18)19(23)24-15-16-9-7-6-8-10-16/h6-14,20H,15H2,1-5H3/t20-/m0/s1. The maximum Gasteiger partial charge on any atom is 0.375 e. The molecule has 0 aromatic heterocycles. The molecule has 0 amide bonds. The molecule has 0 N–H and O–H groups in total. The lowest BCUT2D eigenvalue weighted by Crippen LogP contribution is -2.48. The van der Waals surface area contributed by atoms with Gasteiger partial charge in [0.1, 0.15) is 12.4 Å². The van der Waals surface area contributed by atoms with Crippen molar-refractivity contribution in [3.05, 3.63) is 64.6 Å². The maximum absolute atomic E-state index is 12.7. The number of ether oxygens (including phenoxy) is 2. The van der Waals surface area contributed by atoms with Crippen molar-refractivity contribution >= 4 is 30.2 Å². The van der Waals surface area contributed by atoms with Crippen molar-refractivity contribution < 1.29 is 18.7 Å². The number of carbonyl (C=O) groups is 1. The van der Waals surface area contributed by atoms with Gasteiger partial charge >= 0.3 is 5.97 Å². The zero-order valence-corrected chi connectivity index (χ0v) is 19.1. The monoisotopic (exact) mass is 450 g/mol. The van der Waals surface area contributed by atoms with Gasteiger partial charge in [-0.1, -0.05) is 67.0 Å². The predicted octanol–water partition coefficient (Wildman–Crippen LogP) is 5.92. The number of benzene rings is 2. The third kappa shape index (κ3) is 6.48. The molecule has 0 heterocycles. The lowest BCUT2D eigenvalue weighted by atomic mass is 10.2. The summed E-state index contributed by atoms with van der Waals surface area (Å²) in [5.74, 6) is 0.0326. The Labute approximate surface area is 171 Å². The van der Waals surface area contributed by atoms with E-state index in [1.807, 2.05) is 42.5 Å². The molecule has 0 radical (unpaired) electrons. The summed E-state index contributed by atoms with van der Waals surface area (Å²) in [4.78, 5) is 12.7. The zero-order valence-electron chi connectivity index (χ0n) is 16.5. The topological polar surface area (TPSA) is 44.8 Å². The molecule has 146 valence electrons. The van der Waals surface area contributed by atoms with Gasteiger partial charge in [0.25, 0.3) is 6.29 Å². The maximum atomic E-state index is 12.7. The molecular formula is C21H27BrO4Si. The molecule has 2 rings (SSSR count). The summed E-state index contributed by atoms with van der Waals surface area (Å²) in [6, 6.07) is 16.8. The van der Waals surface area contributed by atoms with Crippen LogP contribution in [0.4, 0.5) is 0 Å². The van der Waals surface area contributed by atoms with Gasteiger partial charge < -0.3 is 13.9 Å². The molecule has 0 spiro atoms. The number of rotatable bonds is 7. The van der Waals surface area contributed by atoms with Crippen LogP contribution in [-0.4, -0.2) is 20.6 Å². The molecule has 0 fully saturated rings. The first kappa shape index (κ1) is 21.7. The van der Waals surface area contributed by atoms with Gasteiger partial charge in [-0.3, -0.25) is 0 Å². The molecule has 0 saturated carbocycles. The van der Waals surface area contributed by atoms with Gasteiger partial charge in [-0.25, -0.2) is 4.79 Å². The minimum Gasteiger partial charge on any atom is -0.456 e. The first-order valence-corrected chi connectivity index (χ1v) is 12.6. The van der Waals surface area contributed by atoms with Gasteiger partial charge in [0.2, 0.25) is 0 Å². The first-order valence-electron chi connectivity index (χ1n) is 8.89. The number of hydrogen-bond acceptors (Lipinski definition) is 4. The first-order chi connectivity index (χ1) is 12.6. The molecule has 0 aliphatic carbocycles. The third-order valence-electron chi connectivity index (χ3n) is 4.68. The van der Waals surface area contributed by atoms with Crippen LogP contribution < -0.4 is 4.74 Å². The van der Waals surface area contributed by atoms with E-state index in [9.17, 15) is 4.79 Å². The summed E-state index contributed by atoms with van der Waals surface area (Å²) in [5, 5.41) is -0.0615. The van der Waals surface area contributed by atoms with Gasteiger partial charge in [0.15, 0.2) is 8.32 Å². The molecule has 0 aliphatic rings. The summed E-state index contributed by atoms with van der Waals surface area (Å²) in [6.07, 6.45) is -1.10. The average molecular weight is 451 g/mol. The third-order valence-corrected chi connectivity index (χ3v) is 9.63. The molecule has 4 nitrogen and oxygen atoms in total. The molecule has 0 saturated heterocycles. The molecule has 6 heteroatoms. The summed E-state index contributed by atoms with van der Waals surface area (Å²) in [6.45, 7) is 10.7. The molecule has 1 atom stereocenters. The van der Waals surface area contributed by atoms with E-state index in [-0.39, 0.29) is 11.6 Å². The second-order valence-corrected chi connectivity index (χ2v) is 13.5. The van der Waals surface area contributed by atoms with Crippen molar-refractivity contribution in [2.75, 3.05) is 0 Å². The number of hydrogen-bond donors (Lipinski definition) is 0. The zero-order chi connectivity index (χ0) is 20.1. The van der Waals surface area contributed by atoms with Gasteiger partial charge in [0.05, 0.1) is 0 Å². The Kier molecular flexibility index (Phi) is 7.25. The van der Waals surface area contributed by atoms with Crippen molar-refractivity contribution in [3.63, 3.8) is 0 Å². The predicted molar refractivity (Wildman–Crippen MR) is 113 cm³/mol. The number of esters is 1. The average Bonchev–Trinajstić information content (AvgIpc) is 2.60. The fourth-order valence-electron chi connectivity index (χ4n) is 2.00. The Morgan fingerprint density at radius 1 is 1.04 bits per heavy atom. The minimum atomic E-state index is -2.24. The summed E-state index contributed by atoms with van der Waals surface area (Å²) >= 11 is 3.39. The SMILES string of the molecule is CC(C)(C)[Si](C)(C)O[C@H](Oc1ccc(Br)cc1)C(=O)OCc1ccccc1. The molecule has 27 heavy (non-hydrogen) atoms. The minimum absolute atomic E-state index is 0.0615. The summed E-state index contributed by atoms with van der Waals surface area (Å²) in [7, 11) is -2.24. The van der Waals surface area contributed by atoms with Crippen molar-refractivity contribution in [3.8, 4) is 5.75 Å². The van der Waals surface area contributed by atoms with E-state index in [0.29, 0.717) is 5.75 Å². The fourth-order valence-corrected chi connectivity index (χ4v) is 3.30. The van der Waals surface area contributed by atoms with Gasteiger partial charge in [-0.15, -0.1) is 0 Å². The van der Waals surface area contributed by atoms with Gasteiger partial charge in [-0.2, -0.15) is 0 Å². The molecular weight excluding hydrogens is 424 g/mol. The van der Waals surface area contributed by atoms with Crippen LogP contribution in [0.25, 0.3) is 0 Å². The smallest absolute Gasteiger partial charge is 0.375 e. The Morgan fingerprint density at radius 2 is 1.63 bits per heavy atom. The Morgan fingerprint density at radius 3 is 2.19 bits per heavy atom. The largest absolute Gasteiger partial charge is 0.456 e. The highest BCUT2D eigenvalue weighted by Gasteiger charge is 2.42. The number of carbonyl (C=O) groups excluding carboxylic acids is 1. The van der Waals surface area contributed by atoms with E-state index in [2.05, 4.69) is 49.8 Å². The summed E-state index contributed by atoms with van der Waals surface area (Å²) < 4.78 is 18.5. The van der Waals surface area contributed by atoms with E-state index in [1.54, 1.807) is 12.1 Å². The highest BCUT2D eigenvalue weighted by molar-refractivity contribution is 9.10. The molecule has 0 unspecified atom stereocenters. The highest BCUT2D eigenvalue weighted by atomic mass is 79.9. The van der Waals surface area contributed by atoms with Crippen LogP contribution in [-0.2, 0) is 20.6 Å². The van der Waals surface area contributed by atoms with Crippen molar-refractivity contribution in [2.45, 2.75) is 51.8 Å². The van der Waals surface area contributed by atoms with E-state index in [0.717, 1.165) is 10.0 Å². The second-order valence-electron chi connectivity index (χ2n) is 7.88. The quantitative estimate of drug-likeness (QED) is 0.298. The van der Waals surface area contributed by atoms with Crippen molar-refractivity contribution in [1.82, 2.24) is 0 Å². The highest BCUT2D eigenvalue weighted by Crippen LogP contribution is 2.37. The second kappa shape index (κ2) is 9.04. The normalized spacial score (nSPS) is 13.1. The van der Waals surface area contributed by atoms with Crippen molar-refractivity contribution in [2.24, 2.45) is 0 Å². The summed E-state index contributed by atoms with van der Waals surface area (Å²) in [5.41, 5.74) is 0.917. The van der Waals surface area contributed by atoms with E-state index in [1.165, 1.54) is 0 Å². The molecule has 2 aromatic rings. The van der Waals surface area contributed by atoms with Crippen LogP contribution in [0, 0.1) is 0 Å². The Hall–Kier alpha value is -1.63. The van der Waals surface area contributed by atoms with Gasteiger partial charge in [-0.05, 0) is 48.0 Å². The lowest BCUT2D eigenvalue weighted by Gasteiger charge is -2.38. The molecule has 0 bridgehead atoms. The molecule has 2 aromatic carbocycles. The van der Waals surface area contributed by atoms with Crippen LogP contribution in [0.15, 0.2) is 59.1 Å². The lowest BCUT2D eigenvalue weighted by molar-refractivity contribution is -0.168. The van der Waals surface area contributed by atoms with Crippen LogP contribution in [0.3, 0.4) is 0 Å². The van der Waals surface area contributed by atoms with E-state index in [4.69, 9.17) is 13.9 Å². The Balaban J connectivity index is 2.14. The van der Waals surface area contributed by atoms with Crippen LogP contribution in [0.5, 0.6) is 5.75 Å². The van der Waals surface area contributed by atoms with Gasteiger partial charge in [0, 0.05) is 4.47 Å².